The molecule has 7 N–H and O–H groups in total. The van der Waals surface area contributed by atoms with Crippen LogP contribution in [0.1, 0.15) is 73.4 Å². The first-order valence-electron chi connectivity index (χ1n) is 17.3. The van der Waals surface area contributed by atoms with Gasteiger partial charge in [-0.3, -0.25) is 19.3 Å². The fourth-order valence-corrected chi connectivity index (χ4v) is 4.29. The van der Waals surface area contributed by atoms with Crippen molar-refractivity contribution >= 4 is 63.6 Å². The Bertz CT molecular complexity index is 2120. The van der Waals surface area contributed by atoms with Gasteiger partial charge in [0.05, 0.1) is 27.4 Å². The minimum Gasteiger partial charge on any atom is -0.378 e. The molecule has 0 unspecified atom stereocenters. The van der Waals surface area contributed by atoms with E-state index < -0.39 is 23.4 Å². The van der Waals surface area contributed by atoms with Crippen LogP contribution in [0.15, 0.2) is 48.5 Å². The van der Waals surface area contributed by atoms with E-state index in [1.54, 1.807) is 37.3 Å². The van der Waals surface area contributed by atoms with Crippen LogP contribution >= 0.6 is 11.6 Å². The Morgan fingerprint density at radius 1 is 0.737 bits per heavy atom. The first kappa shape index (κ1) is 47.2. The number of nitrogens with zero attached hydrogens (tertiary/aromatic N) is 4. The number of anilines is 5. The van der Waals surface area contributed by atoms with Gasteiger partial charge in [0.25, 0.3) is 11.8 Å². The highest BCUT2D eigenvalue weighted by Crippen LogP contribution is 2.32. The molecule has 0 saturated heterocycles. The van der Waals surface area contributed by atoms with Crippen LogP contribution in [0.3, 0.4) is 0 Å². The number of rotatable bonds is 10. The maximum absolute atomic E-state index is 14.5. The van der Waals surface area contributed by atoms with E-state index in [4.69, 9.17) is 30.5 Å². The van der Waals surface area contributed by atoms with E-state index in [-0.39, 0.29) is 33.6 Å². The maximum atomic E-state index is 14.5. The van der Waals surface area contributed by atoms with Crippen molar-refractivity contribution in [2.24, 2.45) is 16.6 Å². The molecule has 2 aromatic heterocycles. The molecule has 0 aliphatic rings. The Kier molecular flexibility index (Phi) is 17.7. The Labute approximate surface area is 337 Å². The number of aryl methyl sites for hydroxylation is 2. The largest absolute Gasteiger partial charge is 0.378 e. The number of carbonyl (C=O) groups excluding carboxylic acids is 2. The molecular weight excluding hydrogens is 758 g/mol. The third-order valence-corrected chi connectivity index (χ3v) is 7.68. The first-order chi connectivity index (χ1) is 26.7. The summed E-state index contributed by atoms with van der Waals surface area (Å²) < 4.78 is 28.5. The van der Waals surface area contributed by atoms with Crippen LogP contribution in [0.5, 0.6) is 0 Å². The van der Waals surface area contributed by atoms with Crippen LogP contribution < -0.4 is 32.6 Å². The van der Waals surface area contributed by atoms with Gasteiger partial charge in [-0.25, -0.2) is 39.4 Å². The molecule has 4 rings (SSSR count). The van der Waals surface area contributed by atoms with Crippen LogP contribution in [0, 0.1) is 49.5 Å². The highest BCUT2D eigenvalue weighted by atomic mass is 35.5. The van der Waals surface area contributed by atoms with Gasteiger partial charge in [-0.05, 0) is 78.7 Å². The van der Waals surface area contributed by atoms with Gasteiger partial charge >= 0.3 is 0 Å². The van der Waals surface area contributed by atoms with Crippen molar-refractivity contribution in [3.63, 3.8) is 0 Å². The summed E-state index contributed by atoms with van der Waals surface area (Å²) in [6.07, 6.45) is 0. The van der Waals surface area contributed by atoms with Gasteiger partial charge in [0.1, 0.15) is 11.0 Å². The molecule has 2 amide bonds. The minimum atomic E-state index is -0.716. The lowest BCUT2D eigenvalue weighted by atomic mass is 9.97. The molecule has 0 atom stereocenters. The Morgan fingerprint density at radius 2 is 1.16 bits per heavy atom. The van der Waals surface area contributed by atoms with E-state index in [0.29, 0.717) is 40.3 Å². The first-order valence-corrected chi connectivity index (χ1v) is 17.7. The molecule has 57 heavy (non-hydrogen) atoms. The normalized spacial score (nSPS) is 10.7. The molecule has 2 heterocycles. The Balaban J connectivity index is 0.000000349. The second-order valence-electron chi connectivity index (χ2n) is 14.8. The van der Waals surface area contributed by atoms with Gasteiger partial charge in [-0.2, -0.15) is 0 Å². The molecular formula is C40H49ClF2N10O4. The smallest absolute Gasteiger partial charge is 0.274 e. The quantitative estimate of drug-likeness (QED) is 0.0515. The van der Waals surface area contributed by atoms with E-state index in [0.717, 1.165) is 29.8 Å². The molecule has 0 aliphatic carbocycles. The highest BCUT2D eigenvalue weighted by Gasteiger charge is 2.18. The average Bonchev–Trinajstić information content (AvgIpc) is 3.14. The number of hydroxylamine groups is 2. The van der Waals surface area contributed by atoms with Crippen molar-refractivity contribution in [3.05, 3.63) is 110 Å². The standard InChI is InChI=1S/C20H24FN5O2.C15H12ClFN4O2.C5H13N/c1-12-7-8-13(19(27)26-28-6)9-15(12)24-17-14(21)10-16(22-5)18(25-17)23-11-20(2,3)4;1-8-4-5-9(15(22)21-23-3)6-11(8)19-14-10(17)7-12(18-2)13(16)20-14;1-5(2,3)4-6/h7-10H,11H2,1-4,6H3,(H,26,27)(H2,23,24,25);4-7H,1,3H3,(H,19,20)(H,21,22);4,6H2,1-3H3. The predicted octanol–water partition coefficient (Wildman–Crippen LogP) is 9.33. The number of carbonyl (C=O) groups is 2. The SMILES string of the molecule is CC(C)(C)CN.[C-]#[N+]c1cc(F)c(Nc2cc(C(=O)NOC)ccc2C)nc1Cl.[C-]#[N+]c1cc(F)c(Nc2cc(C(=O)NOC)ccc2C)nc1NCC(C)(C)C. The van der Waals surface area contributed by atoms with Crippen molar-refractivity contribution in [1.82, 2.24) is 20.9 Å². The number of amides is 2. The Morgan fingerprint density at radius 3 is 1.54 bits per heavy atom. The maximum Gasteiger partial charge on any atom is 0.274 e. The summed E-state index contributed by atoms with van der Waals surface area (Å²) in [6.45, 7) is 31.6. The topological polar surface area (TPSA) is 173 Å². The summed E-state index contributed by atoms with van der Waals surface area (Å²) in [6, 6.07) is 11.9. The minimum absolute atomic E-state index is 0.0313. The third-order valence-electron chi connectivity index (χ3n) is 7.40. The second kappa shape index (κ2) is 21.4. The van der Waals surface area contributed by atoms with Crippen molar-refractivity contribution in [3.8, 4) is 0 Å². The van der Waals surface area contributed by atoms with E-state index in [1.807, 2.05) is 27.7 Å². The van der Waals surface area contributed by atoms with Crippen LogP contribution in [0.4, 0.5) is 49.0 Å². The summed E-state index contributed by atoms with van der Waals surface area (Å²) in [5, 5.41) is 8.70. The molecule has 2 aromatic carbocycles. The number of benzene rings is 2. The monoisotopic (exact) mass is 806 g/mol. The molecule has 0 fully saturated rings. The summed E-state index contributed by atoms with van der Waals surface area (Å²) >= 11 is 5.82. The molecule has 0 bridgehead atoms. The molecule has 4 aromatic rings. The molecule has 0 spiro atoms. The van der Waals surface area contributed by atoms with Crippen molar-refractivity contribution in [1.29, 1.82) is 0 Å². The average molecular weight is 807 g/mol. The summed E-state index contributed by atoms with van der Waals surface area (Å²) in [7, 11) is 2.67. The fraction of sp³-hybridized carbons (Fsp3) is 0.350. The van der Waals surface area contributed by atoms with Gasteiger partial charge in [-0.15, -0.1) is 0 Å². The lowest BCUT2D eigenvalue weighted by molar-refractivity contribution is 0.0533. The van der Waals surface area contributed by atoms with Gasteiger partial charge in [0, 0.05) is 29.0 Å². The zero-order chi connectivity index (χ0) is 43.1. The predicted molar refractivity (Wildman–Crippen MR) is 220 cm³/mol. The Hall–Kier alpha value is -5.91. The summed E-state index contributed by atoms with van der Waals surface area (Å²) in [4.78, 5) is 47.4. The van der Waals surface area contributed by atoms with Crippen LogP contribution in [-0.2, 0) is 9.68 Å². The highest BCUT2D eigenvalue weighted by molar-refractivity contribution is 6.32. The fourth-order valence-electron chi connectivity index (χ4n) is 4.11. The number of halogens is 3. The van der Waals surface area contributed by atoms with Crippen LogP contribution in [-0.4, -0.2) is 49.1 Å². The zero-order valence-corrected chi connectivity index (χ0v) is 34.4. The second-order valence-corrected chi connectivity index (χ2v) is 15.2. The molecule has 14 nitrogen and oxygen atoms in total. The molecule has 304 valence electrons. The molecule has 17 heteroatoms. The van der Waals surface area contributed by atoms with Crippen molar-refractivity contribution in [2.75, 3.05) is 43.3 Å². The van der Waals surface area contributed by atoms with Crippen LogP contribution in [0.2, 0.25) is 5.15 Å². The lowest BCUT2D eigenvalue weighted by Crippen LogP contribution is -2.21. The number of nitrogens with two attached hydrogens (primary N) is 1. The number of nitrogens with one attached hydrogen (secondary N) is 5. The van der Waals surface area contributed by atoms with Crippen molar-refractivity contribution < 1.29 is 28.0 Å². The van der Waals surface area contributed by atoms with E-state index in [1.165, 1.54) is 20.3 Å². The number of pyridine rings is 2. The summed E-state index contributed by atoms with van der Waals surface area (Å²) in [5.74, 6) is -2.09. The number of hydrogen-bond donors (Lipinski definition) is 6. The van der Waals surface area contributed by atoms with E-state index >= 15 is 0 Å². The molecule has 0 radical (unpaired) electrons. The number of hydrogen-bond acceptors (Lipinski definition) is 10. The van der Waals surface area contributed by atoms with Gasteiger partial charge in [0.15, 0.2) is 23.3 Å². The molecule has 0 saturated carbocycles. The zero-order valence-electron chi connectivity index (χ0n) is 33.7. The number of aromatic nitrogens is 2. The van der Waals surface area contributed by atoms with Crippen molar-refractivity contribution in [2.45, 2.75) is 55.4 Å². The van der Waals surface area contributed by atoms with Gasteiger partial charge < -0.3 is 21.7 Å². The lowest BCUT2D eigenvalue weighted by Gasteiger charge is -2.20. The van der Waals surface area contributed by atoms with E-state index in [2.05, 4.69) is 77.0 Å². The molecule has 0 aliphatic heterocycles. The summed E-state index contributed by atoms with van der Waals surface area (Å²) in [5.41, 5.74) is 13.3. The van der Waals surface area contributed by atoms with Gasteiger partial charge in [-0.1, -0.05) is 65.3 Å². The van der Waals surface area contributed by atoms with Gasteiger partial charge in [0.2, 0.25) is 11.4 Å². The van der Waals surface area contributed by atoms with E-state index in [9.17, 15) is 18.4 Å². The third kappa shape index (κ3) is 15.3. The van der Waals surface area contributed by atoms with Crippen LogP contribution in [0.25, 0.3) is 9.69 Å².